The van der Waals surface area contributed by atoms with Gasteiger partial charge in [0.1, 0.15) is 28.4 Å². The van der Waals surface area contributed by atoms with Crippen molar-refractivity contribution in [1.29, 1.82) is 0 Å². The van der Waals surface area contributed by atoms with Gasteiger partial charge in [-0.15, -0.1) is 0 Å². The summed E-state index contributed by atoms with van der Waals surface area (Å²) < 4.78 is 42.2. The van der Waals surface area contributed by atoms with E-state index in [1.165, 1.54) is 16.9 Å². The number of benzene rings is 1. The van der Waals surface area contributed by atoms with Crippen LogP contribution in [0.3, 0.4) is 0 Å². The fourth-order valence-electron chi connectivity index (χ4n) is 4.96. The Morgan fingerprint density at radius 3 is 2.61 bits per heavy atom. The van der Waals surface area contributed by atoms with E-state index < -0.39 is 23.5 Å². The minimum absolute atomic E-state index is 0.0787. The van der Waals surface area contributed by atoms with E-state index in [1.807, 2.05) is 20.8 Å². The summed E-state index contributed by atoms with van der Waals surface area (Å²) in [5.41, 5.74) is 0.523. The summed E-state index contributed by atoms with van der Waals surface area (Å²) in [4.78, 5) is 18.5. The van der Waals surface area contributed by atoms with Gasteiger partial charge in [0.25, 0.3) is 0 Å². The van der Waals surface area contributed by atoms with Crippen molar-refractivity contribution in [2.75, 3.05) is 25.0 Å². The van der Waals surface area contributed by atoms with E-state index >= 15 is 4.39 Å². The number of fused-ring (bicyclic) bond motifs is 1. The largest absolute Gasteiger partial charge is 0.444 e. The molecule has 8 nitrogen and oxygen atoms in total. The molecule has 1 aromatic carbocycles. The van der Waals surface area contributed by atoms with Crippen molar-refractivity contribution in [3.63, 3.8) is 0 Å². The van der Waals surface area contributed by atoms with Crippen LogP contribution in [0.1, 0.15) is 59.1 Å². The molecule has 2 aliphatic rings. The highest BCUT2D eigenvalue weighted by atomic mass is 35.5. The van der Waals surface area contributed by atoms with Crippen LogP contribution in [-0.4, -0.2) is 57.1 Å². The molecule has 0 spiro atoms. The predicted octanol–water partition coefficient (Wildman–Crippen LogP) is 6.54. The van der Waals surface area contributed by atoms with Crippen molar-refractivity contribution in [3.8, 4) is 11.3 Å². The fraction of sp³-hybridized carbons (Fsp3) is 0.519. The van der Waals surface area contributed by atoms with Gasteiger partial charge in [-0.3, -0.25) is 0 Å². The normalized spacial score (nSPS) is 19.1. The molecule has 5 rings (SSSR count). The first-order chi connectivity index (χ1) is 18.1. The van der Waals surface area contributed by atoms with Gasteiger partial charge in [0.2, 0.25) is 0 Å². The molecule has 2 aliphatic heterocycles. The van der Waals surface area contributed by atoms with Gasteiger partial charge in [0.15, 0.2) is 12.0 Å². The highest BCUT2D eigenvalue weighted by Gasteiger charge is 2.28. The number of amides is 1. The number of carbonyl (C=O) groups excluding carboxylic acids is 1. The summed E-state index contributed by atoms with van der Waals surface area (Å²) in [6, 6.07) is 3.96. The third kappa shape index (κ3) is 5.71. The van der Waals surface area contributed by atoms with Crippen molar-refractivity contribution in [2.24, 2.45) is 0 Å². The molecule has 1 atom stereocenters. The zero-order chi connectivity index (χ0) is 27.0. The van der Waals surface area contributed by atoms with Gasteiger partial charge in [0.05, 0.1) is 5.02 Å². The highest BCUT2D eigenvalue weighted by molar-refractivity contribution is 6.33. The van der Waals surface area contributed by atoms with Crippen molar-refractivity contribution >= 4 is 34.4 Å². The standard InChI is InChI=1S/C27H32ClF2N5O3/c1-27(2,3)38-26(36)34-9-7-17(8-10-34)32-22-14-18(20(28)15-31-22)24-19-12-16(29)13-21(30)25(19)35(33-24)23-6-4-5-11-37-23/h12-15,17,23H,4-11H2,1-3H3,(H,31,32). The molecule has 1 unspecified atom stereocenters. The molecule has 0 aliphatic carbocycles. The molecule has 3 aromatic rings. The minimum Gasteiger partial charge on any atom is -0.444 e. The first-order valence-electron chi connectivity index (χ1n) is 13.0. The van der Waals surface area contributed by atoms with E-state index in [0.29, 0.717) is 66.4 Å². The lowest BCUT2D eigenvalue weighted by molar-refractivity contribution is -0.0368. The van der Waals surface area contributed by atoms with Crippen LogP contribution >= 0.6 is 11.6 Å². The van der Waals surface area contributed by atoms with Crippen LogP contribution in [0, 0.1) is 11.6 Å². The Hall–Kier alpha value is -2.98. The maximum atomic E-state index is 15.0. The molecule has 1 amide bonds. The van der Waals surface area contributed by atoms with Crippen molar-refractivity contribution in [1.82, 2.24) is 19.7 Å². The number of likely N-dealkylation sites (tertiary alicyclic amines) is 1. The van der Waals surface area contributed by atoms with E-state index in [0.717, 1.165) is 18.9 Å². The van der Waals surface area contributed by atoms with Gasteiger partial charge in [-0.05, 0) is 65.0 Å². The maximum absolute atomic E-state index is 15.0. The number of nitrogens with zero attached hydrogens (tertiary/aromatic N) is 4. The number of hydrogen-bond donors (Lipinski definition) is 1. The summed E-state index contributed by atoms with van der Waals surface area (Å²) in [6.07, 6.45) is 4.74. The smallest absolute Gasteiger partial charge is 0.410 e. The molecule has 2 aromatic heterocycles. The van der Waals surface area contributed by atoms with Crippen LogP contribution in [0.5, 0.6) is 0 Å². The van der Waals surface area contributed by atoms with Crippen LogP contribution in [0.2, 0.25) is 5.02 Å². The first-order valence-corrected chi connectivity index (χ1v) is 13.4. The highest BCUT2D eigenvalue weighted by Crippen LogP contribution is 2.38. The van der Waals surface area contributed by atoms with Crippen LogP contribution in [0.25, 0.3) is 22.2 Å². The van der Waals surface area contributed by atoms with Crippen LogP contribution in [0.4, 0.5) is 19.4 Å². The van der Waals surface area contributed by atoms with Gasteiger partial charge in [-0.1, -0.05) is 11.6 Å². The van der Waals surface area contributed by atoms with Crippen molar-refractivity contribution < 1.29 is 23.0 Å². The van der Waals surface area contributed by atoms with Crippen molar-refractivity contribution in [3.05, 3.63) is 41.1 Å². The number of rotatable bonds is 4. The number of aromatic nitrogens is 3. The lowest BCUT2D eigenvalue weighted by Crippen LogP contribution is -2.44. The van der Waals surface area contributed by atoms with Crippen LogP contribution in [-0.2, 0) is 9.47 Å². The summed E-state index contributed by atoms with van der Waals surface area (Å²) in [5.74, 6) is -0.831. The second-order valence-corrected chi connectivity index (χ2v) is 11.2. The molecular formula is C27H32ClF2N5O3. The van der Waals surface area contributed by atoms with E-state index in [9.17, 15) is 9.18 Å². The topological polar surface area (TPSA) is 81.5 Å². The molecule has 1 N–H and O–H groups in total. The molecule has 38 heavy (non-hydrogen) atoms. The van der Waals surface area contributed by atoms with Gasteiger partial charge >= 0.3 is 6.09 Å². The lowest BCUT2D eigenvalue weighted by atomic mass is 10.0. The summed E-state index contributed by atoms with van der Waals surface area (Å²) in [7, 11) is 0. The van der Waals surface area contributed by atoms with E-state index in [1.54, 1.807) is 11.0 Å². The molecular weight excluding hydrogens is 516 g/mol. The zero-order valence-corrected chi connectivity index (χ0v) is 22.5. The van der Waals surface area contributed by atoms with Gasteiger partial charge < -0.3 is 19.7 Å². The van der Waals surface area contributed by atoms with Crippen molar-refractivity contribution in [2.45, 2.75) is 70.7 Å². The molecule has 4 heterocycles. The van der Waals surface area contributed by atoms with E-state index in [2.05, 4.69) is 15.4 Å². The molecule has 2 fully saturated rings. The minimum atomic E-state index is -0.701. The van der Waals surface area contributed by atoms with Crippen LogP contribution < -0.4 is 5.32 Å². The summed E-state index contributed by atoms with van der Waals surface area (Å²) >= 11 is 6.54. The predicted molar refractivity (Wildman–Crippen MR) is 141 cm³/mol. The number of anilines is 1. The SMILES string of the molecule is CC(C)(C)OC(=O)N1CCC(Nc2cc(-c3nn(C4CCCCO4)c4c(F)cc(F)cc34)c(Cl)cn2)CC1. The number of ether oxygens (including phenoxy) is 2. The Kier molecular flexibility index (Phi) is 7.46. The Labute approximate surface area is 225 Å². The van der Waals surface area contributed by atoms with Gasteiger partial charge in [0, 0.05) is 49.0 Å². The number of halogens is 3. The third-order valence-electron chi connectivity index (χ3n) is 6.76. The van der Waals surface area contributed by atoms with Gasteiger partial charge in [-0.2, -0.15) is 5.10 Å². The number of pyridine rings is 1. The molecule has 2 saturated heterocycles. The summed E-state index contributed by atoms with van der Waals surface area (Å²) in [5, 5.41) is 8.73. The Balaban J connectivity index is 1.39. The number of nitrogens with one attached hydrogen (secondary N) is 1. The number of hydrogen-bond acceptors (Lipinski definition) is 6. The Morgan fingerprint density at radius 2 is 1.92 bits per heavy atom. The average molecular weight is 548 g/mol. The van der Waals surface area contributed by atoms with Crippen LogP contribution in [0.15, 0.2) is 24.4 Å². The zero-order valence-electron chi connectivity index (χ0n) is 21.8. The quantitative estimate of drug-likeness (QED) is 0.399. The number of carbonyl (C=O) groups is 1. The Morgan fingerprint density at radius 1 is 1.16 bits per heavy atom. The Bertz CT molecular complexity index is 1330. The van der Waals surface area contributed by atoms with E-state index in [4.69, 9.17) is 21.1 Å². The average Bonchev–Trinajstić information content (AvgIpc) is 3.24. The maximum Gasteiger partial charge on any atom is 0.410 e. The molecule has 204 valence electrons. The second kappa shape index (κ2) is 10.6. The fourth-order valence-corrected chi connectivity index (χ4v) is 5.15. The summed E-state index contributed by atoms with van der Waals surface area (Å²) in [6.45, 7) is 7.21. The molecule has 0 radical (unpaired) electrons. The molecule has 11 heteroatoms. The third-order valence-corrected chi connectivity index (χ3v) is 7.06. The van der Waals surface area contributed by atoms with Gasteiger partial charge in [-0.25, -0.2) is 23.2 Å². The lowest BCUT2D eigenvalue weighted by Gasteiger charge is -2.34. The second-order valence-electron chi connectivity index (χ2n) is 10.8. The molecule has 0 saturated carbocycles. The molecule has 0 bridgehead atoms. The number of piperidine rings is 1. The van der Waals surface area contributed by atoms with E-state index in [-0.39, 0.29) is 17.7 Å². The first kappa shape index (κ1) is 26.6. The monoisotopic (exact) mass is 547 g/mol.